The summed E-state index contributed by atoms with van der Waals surface area (Å²) < 4.78 is 6.94. The first-order valence-electron chi connectivity index (χ1n) is 12.4. The van der Waals surface area contributed by atoms with Gasteiger partial charge in [-0.15, -0.1) is 11.3 Å². The Kier molecular flexibility index (Phi) is 6.98. The van der Waals surface area contributed by atoms with E-state index in [-0.39, 0.29) is 11.5 Å². The maximum Gasteiger partial charge on any atom is 0.194 e. The Hall–Kier alpha value is -2.37. The molecular weight excluding hydrogens is 430 g/mol. The van der Waals surface area contributed by atoms with Crippen LogP contribution < -0.4 is 4.74 Å². The lowest BCUT2D eigenvalue weighted by Crippen LogP contribution is -2.31. The third-order valence-corrected chi connectivity index (χ3v) is 8.42. The van der Waals surface area contributed by atoms with Gasteiger partial charge < -0.3 is 14.7 Å². The van der Waals surface area contributed by atoms with Gasteiger partial charge in [0.25, 0.3) is 0 Å². The highest BCUT2D eigenvalue weighted by Crippen LogP contribution is 2.44. The van der Waals surface area contributed by atoms with Crippen molar-refractivity contribution in [3.05, 3.63) is 58.5 Å². The van der Waals surface area contributed by atoms with Crippen LogP contribution in [0, 0.1) is 0 Å². The Labute approximate surface area is 200 Å². The van der Waals surface area contributed by atoms with Crippen LogP contribution in [0.25, 0.3) is 10.1 Å². The summed E-state index contributed by atoms with van der Waals surface area (Å²) in [5, 5.41) is 10.9. The minimum absolute atomic E-state index is 0.0745. The summed E-state index contributed by atoms with van der Waals surface area (Å²) in [6.07, 6.45) is 9.76. The van der Waals surface area contributed by atoms with Crippen LogP contribution in [0.15, 0.2) is 42.5 Å². The third-order valence-electron chi connectivity index (χ3n) is 7.11. The summed E-state index contributed by atoms with van der Waals surface area (Å²) in [7, 11) is 0. The fourth-order valence-corrected chi connectivity index (χ4v) is 6.73. The number of ether oxygens (including phenoxy) is 1. The van der Waals surface area contributed by atoms with Gasteiger partial charge in [-0.3, -0.25) is 4.79 Å². The van der Waals surface area contributed by atoms with Gasteiger partial charge in [0.2, 0.25) is 0 Å². The molecule has 33 heavy (non-hydrogen) atoms. The molecular formula is C28H33NO3S. The van der Waals surface area contributed by atoms with Crippen molar-refractivity contribution in [3.63, 3.8) is 0 Å². The molecule has 1 aliphatic carbocycles. The second-order valence-electron chi connectivity index (χ2n) is 9.46. The van der Waals surface area contributed by atoms with Crippen molar-refractivity contribution in [2.45, 2.75) is 57.3 Å². The molecule has 0 spiro atoms. The quantitative estimate of drug-likeness (QED) is 0.296. The number of rotatable bonds is 8. The highest BCUT2D eigenvalue weighted by atomic mass is 32.1. The molecule has 0 unspecified atom stereocenters. The molecule has 1 saturated carbocycles. The lowest BCUT2D eigenvalue weighted by molar-refractivity contribution is 0.103. The van der Waals surface area contributed by atoms with Crippen LogP contribution in [0.2, 0.25) is 0 Å². The van der Waals surface area contributed by atoms with E-state index in [2.05, 4.69) is 4.90 Å². The molecule has 0 bridgehead atoms. The van der Waals surface area contributed by atoms with E-state index in [0.29, 0.717) is 18.1 Å². The fourth-order valence-electron chi connectivity index (χ4n) is 5.32. The van der Waals surface area contributed by atoms with Gasteiger partial charge in [0.05, 0.1) is 6.61 Å². The summed E-state index contributed by atoms with van der Waals surface area (Å²) in [5.41, 5.74) is 1.53. The average molecular weight is 464 g/mol. The van der Waals surface area contributed by atoms with Crippen LogP contribution in [0.3, 0.4) is 0 Å². The number of piperidine rings is 1. The van der Waals surface area contributed by atoms with Crippen molar-refractivity contribution in [2.75, 3.05) is 26.2 Å². The number of phenols is 1. The Morgan fingerprint density at radius 1 is 1.00 bits per heavy atom. The van der Waals surface area contributed by atoms with Gasteiger partial charge >= 0.3 is 0 Å². The number of thiophene rings is 1. The summed E-state index contributed by atoms with van der Waals surface area (Å²) in [5.74, 6) is 1.60. The molecule has 5 rings (SSSR count). The number of likely N-dealkylation sites (tertiary alicyclic amines) is 1. The highest BCUT2D eigenvalue weighted by molar-refractivity contribution is 7.19. The van der Waals surface area contributed by atoms with Gasteiger partial charge in [-0.25, -0.2) is 0 Å². The number of ketones is 1. The molecule has 2 fully saturated rings. The van der Waals surface area contributed by atoms with Gasteiger partial charge in [-0.2, -0.15) is 0 Å². The predicted molar refractivity (Wildman–Crippen MR) is 135 cm³/mol. The zero-order chi connectivity index (χ0) is 22.6. The zero-order valence-corrected chi connectivity index (χ0v) is 20.0. The first kappa shape index (κ1) is 22.4. The standard InChI is InChI=1S/C28H33NO3S/c30-22-11-14-24-25(19-22)33-28(21-7-2-3-8-21)26(24)27(31)20-9-12-23(13-10-20)32-18-6-17-29-15-4-1-5-16-29/h9-14,19,21,30H,1-8,15-18H2. The van der Waals surface area contributed by atoms with Gasteiger partial charge in [0.15, 0.2) is 5.78 Å². The molecule has 1 aromatic heterocycles. The van der Waals surface area contributed by atoms with Crippen LogP contribution in [-0.2, 0) is 0 Å². The molecule has 174 valence electrons. The molecule has 2 aliphatic rings. The van der Waals surface area contributed by atoms with E-state index in [1.165, 1.54) is 50.1 Å². The third kappa shape index (κ3) is 5.10. The van der Waals surface area contributed by atoms with Gasteiger partial charge in [0.1, 0.15) is 11.5 Å². The highest BCUT2D eigenvalue weighted by Gasteiger charge is 2.27. The number of nitrogens with zero attached hydrogens (tertiary/aromatic N) is 1. The van der Waals surface area contributed by atoms with E-state index in [4.69, 9.17) is 4.74 Å². The Bertz CT molecular complexity index is 1090. The number of hydrogen-bond acceptors (Lipinski definition) is 5. The molecule has 1 aliphatic heterocycles. The van der Waals surface area contributed by atoms with Crippen LogP contribution in [-0.4, -0.2) is 42.0 Å². The summed E-state index contributed by atoms with van der Waals surface area (Å²) in [6, 6.07) is 13.0. The Morgan fingerprint density at radius 3 is 2.52 bits per heavy atom. The molecule has 0 amide bonds. The summed E-state index contributed by atoms with van der Waals surface area (Å²) in [4.78, 5) is 17.3. The molecule has 0 atom stereocenters. The van der Waals surface area contributed by atoms with E-state index >= 15 is 0 Å². The van der Waals surface area contributed by atoms with Crippen LogP contribution in [0.4, 0.5) is 0 Å². The van der Waals surface area contributed by atoms with Crippen molar-refractivity contribution in [3.8, 4) is 11.5 Å². The van der Waals surface area contributed by atoms with Gasteiger partial charge in [0, 0.05) is 32.6 Å². The molecule has 3 aromatic rings. The second-order valence-corrected chi connectivity index (χ2v) is 10.5. The predicted octanol–water partition coefficient (Wildman–Crippen LogP) is 6.75. The minimum Gasteiger partial charge on any atom is -0.508 e. The topological polar surface area (TPSA) is 49.8 Å². The number of fused-ring (bicyclic) bond motifs is 1. The van der Waals surface area contributed by atoms with Crippen molar-refractivity contribution < 1.29 is 14.6 Å². The number of benzene rings is 2. The molecule has 4 nitrogen and oxygen atoms in total. The summed E-state index contributed by atoms with van der Waals surface area (Å²) >= 11 is 1.68. The molecule has 1 saturated heterocycles. The number of aromatic hydroxyl groups is 1. The molecule has 0 radical (unpaired) electrons. The normalized spacial score (nSPS) is 17.6. The first-order valence-corrected chi connectivity index (χ1v) is 13.3. The van der Waals surface area contributed by atoms with Crippen LogP contribution in [0.5, 0.6) is 11.5 Å². The van der Waals surface area contributed by atoms with Crippen LogP contribution >= 0.6 is 11.3 Å². The van der Waals surface area contributed by atoms with Crippen molar-refractivity contribution >= 4 is 27.2 Å². The maximum absolute atomic E-state index is 13.6. The Balaban J connectivity index is 1.28. The molecule has 2 aromatic carbocycles. The minimum atomic E-state index is 0.0745. The van der Waals surface area contributed by atoms with E-state index in [9.17, 15) is 9.90 Å². The van der Waals surface area contributed by atoms with Crippen molar-refractivity contribution in [2.24, 2.45) is 0 Å². The molecule has 2 heterocycles. The second kappa shape index (κ2) is 10.3. The van der Waals surface area contributed by atoms with Crippen molar-refractivity contribution in [1.29, 1.82) is 0 Å². The largest absolute Gasteiger partial charge is 0.508 e. The molecule has 1 N–H and O–H groups in total. The average Bonchev–Trinajstić information content (AvgIpc) is 3.50. The van der Waals surface area contributed by atoms with E-state index in [1.54, 1.807) is 23.5 Å². The monoisotopic (exact) mass is 463 g/mol. The number of carbonyl (C=O) groups excluding carboxylic acids is 1. The lowest BCUT2D eigenvalue weighted by atomic mass is 9.94. The Morgan fingerprint density at radius 2 is 1.76 bits per heavy atom. The molecule has 5 heteroatoms. The number of hydrogen-bond donors (Lipinski definition) is 1. The van der Waals surface area contributed by atoms with Gasteiger partial charge in [-0.05, 0) is 93.6 Å². The van der Waals surface area contributed by atoms with Gasteiger partial charge in [-0.1, -0.05) is 19.3 Å². The number of phenolic OH excluding ortho intramolecular Hbond substituents is 1. The van der Waals surface area contributed by atoms with E-state index in [1.807, 2.05) is 30.3 Å². The van der Waals surface area contributed by atoms with E-state index < -0.39 is 0 Å². The van der Waals surface area contributed by atoms with Crippen LogP contribution in [0.1, 0.15) is 78.1 Å². The van der Waals surface area contributed by atoms with E-state index in [0.717, 1.165) is 47.2 Å². The lowest BCUT2D eigenvalue weighted by Gasteiger charge is -2.26. The first-order chi connectivity index (χ1) is 16.2. The smallest absolute Gasteiger partial charge is 0.194 e. The fraction of sp³-hybridized carbons (Fsp3) is 0.464. The zero-order valence-electron chi connectivity index (χ0n) is 19.2. The number of carbonyl (C=O) groups is 1. The SMILES string of the molecule is O=C(c1ccc(OCCCN2CCCCC2)cc1)c1c(C2CCCC2)sc2cc(O)ccc12. The summed E-state index contributed by atoms with van der Waals surface area (Å²) in [6.45, 7) is 4.24. The maximum atomic E-state index is 13.6. The van der Waals surface area contributed by atoms with Crippen molar-refractivity contribution in [1.82, 2.24) is 4.90 Å².